The monoisotopic (exact) mass is 223 g/mol. The highest BCUT2D eigenvalue weighted by atomic mass is 19.1. The van der Waals surface area contributed by atoms with Crippen LogP contribution in [0.3, 0.4) is 0 Å². The van der Waals surface area contributed by atoms with Gasteiger partial charge in [0, 0.05) is 12.0 Å². The number of piperidine rings is 1. The molecule has 1 heterocycles. The minimum atomic E-state index is -0.967. The SMILES string of the molecule is O=C1CCCC(C(O)c2ccccc2F)N1. The molecule has 2 atom stereocenters. The molecule has 2 unspecified atom stereocenters. The zero-order valence-corrected chi connectivity index (χ0v) is 8.82. The average Bonchev–Trinajstić information content (AvgIpc) is 2.29. The summed E-state index contributed by atoms with van der Waals surface area (Å²) in [5.41, 5.74) is 0.245. The molecule has 2 N–H and O–H groups in total. The number of nitrogens with one attached hydrogen (secondary N) is 1. The van der Waals surface area contributed by atoms with Gasteiger partial charge in [0.15, 0.2) is 0 Å². The molecule has 0 aromatic heterocycles. The van der Waals surface area contributed by atoms with Crippen LogP contribution < -0.4 is 5.32 Å². The predicted octanol–water partition coefficient (Wildman–Crippen LogP) is 1.53. The van der Waals surface area contributed by atoms with E-state index in [1.54, 1.807) is 18.2 Å². The molecular formula is C12H14FNO2. The topological polar surface area (TPSA) is 49.3 Å². The first-order valence-corrected chi connectivity index (χ1v) is 5.40. The molecule has 0 aliphatic carbocycles. The summed E-state index contributed by atoms with van der Waals surface area (Å²) in [5, 5.41) is 12.7. The van der Waals surface area contributed by atoms with Crippen molar-refractivity contribution in [2.45, 2.75) is 31.4 Å². The Hall–Kier alpha value is -1.42. The van der Waals surface area contributed by atoms with E-state index in [1.165, 1.54) is 6.07 Å². The van der Waals surface area contributed by atoms with Gasteiger partial charge in [-0.1, -0.05) is 18.2 Å². The first kappa shape index (κ1) is 11.1. The number of rotatable bonds is 2. The minimum absolute atomic E-state index is 0.0772. The summed E-state index contributed by atoms with van der Waals surface area (Å²) >= 11 is 0. The van der Waals surface area contributed by atoms with E-state index in [0.717, 1.165) is 6.42 Å². The fourth-order valence-electron chi connectivity index (χ4n) is 2.00. The molecule has 1 saturated heterocycles. The first-order valence-electron chi connectivity index (χ1n) is 5.40. The molecule has 0 saturated carbocycles. The van der Waals surface area contributed by atoms with Crippen LogP contribution in [0.5, 0.6) is 0 Å². The molecule has 1 aromatic rings. The Morgan fingerprint density at radius 3 is 2.88 bits per heavy atom. The van der Waals surface area contributed by atoms with Gasteiger partial charge in [-0.3, -0.25) is 4.79 Å². The molecule has 1 aliphatic rings. The fraction of sp³-hybridized carbons (Fsp3) is 0.417. The van der Waals surface area contributed by atoms with Crippen molar-refractivity contribution >= 4 is 5.91 Å². The van der Waals surface area contributed by atoms with Gasteiger partial charge in [-0.05, 0) is 18.9 Å². The molecule has 2 rings (SSSR count). The van der Waals surface area contributed by atoms with Gasteiger partial charge in [-0.25, -0.2) is 4.39 Å². The van der Waals surface area contributed by atoms with Crippen LogP contribution >= 0.6 is 0 Å². The second-order valence-corrected chi connectivity index (χ2v) is 4.03. The molecule has 4 heteroatoms. The Balaban J connectivity index is 2.15. The molecule has 3 nitrogen and oxygen atoms in total. The second-order valence-electron chi connectivity index (χ2n) is 4.03. The van der Waals surface area contributed by atoms with E-state index in [2.05, 4.69) is 5.32 Å². The number of aliphatic hydroxyl groups is 1. The summed E-state index contributed by atoms with van der Waals surface area (Å²) in [5.74, 6) is -0.513. The Bertz CT molecular complexity index is 394. The summed E-state index contributed by atoms with van der Waals surface area (Å²) in [6.45, 7) is 0. The minimum Gasteiger partial charge on any atom is -0.386 e. The number of amides is 1. The van der Waals surface area contributed by atoms with Gasteiger partial charge in [0.05, 0.1) is 6.04 Å². The van der Waals surface area contributed by atoms with Crippen molar-refractivity contribution in [3.63, 3.8) is 0 Å². The number of halogens is 1. The van der Waals surface area contributed by atoms with Crippen molar-refractivity contribution < 1.29 is 14.3 Å². The van der Waals surface area contributed by atoms with Gasteiger partial charge >= 0.3 is 0 Å². The summed E-state index contributed by atoms with van der Waals surface area (Å²) in [4.78, 5) is 11.2. The average molecular weight is 223 g/mol. The highest BCUT2D eigenvalue weighted by molar-refractivity contribution is 5.77. The molecule has 0 spiro atoms. The summed E-state index contributed by atoms with van der Waals surface area (Å²) in [6.07, 6.45) is 0.939. The van der Waals surface area contributed by atoms with Crippen LogP contribution in [0, 0.1) is 5.82 Å². The highest BCUT2D eigenvalue weighted by Gasteiger charge is 2.27. The van der Waals surface area contributed by atoms with E-state index < -0.39 is 11.9 Å². The van der Waals surface area contributed by atoms with Gasteiger partial charge in [-0.2, -0.15) is 0 Å². The standard InChI is InChI=1S/C12H14FNO2/c13-9-5-2-1-4-8(9)12(16)10-6-3-7-11(15)14-10/h1-2,4-5,10,12,16H,3,6-7H2,(H,14,15). The smallest absolute Gasteiger partial charge is 0.220 e. The Kier molecular flexibility index (Phi) is 3.19. The Labute approximate surface area is 93.3 Å². The van der Waals surface area contributed by atoms with Gasteiger partial charge in [0.2, 0.25) is 5.91 Å². The van der Waals surface area contributed by atoms with Crippen molar-refractivity contribution in [2.24, 2.45) is 0 Å². The molecule has 1 fully saturated rings. The lowest BCUT2D eigenvalue weighted by Gasteiger charge is -2.28. The maximum absolute atomic E-state index is 13.4. The van der Waals surface area contributed by atoms with Crippen molar-refractivity contribution in [1.29, 1.82) is 0 Å². The van der Waals surface area contributed by atoms with Gasteiger partial charge in [0.1, 0.15) is 11.9 Å². The number of hydrogen-bond acceptors (Lipinski definition) is 2. The number of carbonyl (C=O) groups is 1. The normalized spacial score (nSPS) is 22.6. The van der Waals surface area contributed by atoms with Crippen LogP contribution in [0.1, 0.15) is 30.9 Å². The molecule has 1 aromatic carbocycles. The number of carbonyl (C=O) groups excluding carboxylic acids is 1. The van der Waals surface area contributed by atoms with Gasteiger partial charge < -0.3 is 10.4 Å². The molecular weight excluding hydrogens is 209 g/mol. The van der Waals surface area contributed by atoms with E-state index >= 15 is 0 Å². The predicted molar refractivity (Wildman–Crippen MR) is 57.1 cm³/mol. The third-order valence-electron chi connectivity index (χ3n) is 2.87. The molecule has 16 heavy (non-hydrogen) atoms. The number of aliphatic hydroxyl groups excluding tert-OH is 1. The fourth-order valence-corrected chi connectivity index (χ4v) is 2.00. The second kappa shape index (κ2) is 4.61. The van der Waals surface area contributed by atoms with Crippen LogP contribution in [-0.4, -0.2) is 17.1 Å². The van der Waals surface area contributed by atoms with Crippen molar-refractivity contribution in [3.8, 4) is 0 Å². The molecule has 1 amide bonds. The maximum atomic E-state index is 13.4. The van der Waals surface area contributed by atoms with Crippen molar-refractivity contribution in [3.05, 3.63) is 35.6 Å². The van der Waals surface area contributed by atoms with E-state index in [4.69, 9.17) is 0 Å². The highest BCUT2D eigenvalue weighted by Crippen LogP contribution is 2.24. The van der Waals surface area contributed by atoms with Crippen LogP contribution in [-0.2, 0) is 4.79 Å². The first-order chi connectivity index (χ1) is 7.68. The van der Waals surface area contributed by atoms with Crippen molar-refractivity contribution in [2.75, 3.05) is 0 Å². The molecule has 86 valence electrons. The van der Waals surface area contributed by atoms with E-state index in [-0.39, 0.29) is 17.5 Å². The number of hydrogen-bond donors (Lipinski definition) is 2. The molecule has 0 radical (unpaired) electrons. The third-order valence-corrected chi connectivity index (χ3v) is 2.87. The van der Waals surface area contributed by atoms with Gasteiger partial charge in [-0.15, -0.1) is 0 Å². The lowest BCUT2D eigenvalue weighted by molar-refractivity contribution is -0.124. The lowest BCUT2D eigenvalue weighted by atomic mass is 9.94. The van der Waals surface area contributed by atoms with Crippen molar-refractivity contribution in [1.82, 2.24) is 5.32 Å². The Morgan fingerprint density at radius 2 is 2.19 bits per heavy atom. The maximum Gasteiger partial charge on any atom is 0.220 e. The van der Waals surface area contributed by atoms with E-state index in [1.807, 2.05) is 0 Å². The van der Waals surface area contributed by atoms with E-state index in [0.29, 0.717) is 12.8 Å². The zero-order chi connectivity index (χ0) is 11.5. The zero-order valence-electron chi connectivity index (χ0n) is 8.82. The largest absolute Gasteiger partial charge is 0.386 e. The third kappa shape index (κ3) is 2.22. The van der Waals surface area contributed by atoms with Crippen LogP contribution in [0.15, 0.2) is 24.3 Å². The van der Waals surface area contributed by atoms with E-state index in [9.17, 15) is 14.3 Å². The van der Waals surface area contributed by atoms with Crippen LogP contribution in [0.2, 0.25) is 0 Å². The number of benzene rings is 1. The molecule has 0 bridgehead atoms. The Morgan fingerprint density at radius 1 is 1.44 bits per heavy atom. The van der Waals surface area contributed by atoms with Gasteiger partial charge in [0.25, 0.3) is 0 Å². The van der Waals surface area contributed by atoms with Crippen LogP contribution in [0.25, 0.3) is 0 Å². The van der Waals surface area contributed by atoms with Crippen LogP contribution in [0.4, 0.5) is 4.39 Å². The summed E-state index contributed by atoms with van der Waals surface area (Å²) in [6, 6.07) is 5.72. The molecule has 1 aliphatic heterocycles. The summed E-state index contributed by atoms with van der Waals surface area (Å²) in [7, 11) is 0. The summed E-state index contributed by atoms with van der Waals surface area (Å²) < 4.78 is 13.4. The quantitative estimate of drug-likeness (QED) is 0.798. The lowest BCUT2D eigenvalue weighted by Crippen LogP contribution is -2.42.